The lowest BCUT2D eigenvalue weighted by molar-refractivity contribution is -0.119. The second kappa shape index (κ2) is 7.13. The van der Waals surface area contributed by atoms with Crippen molar-refractivity contribution in [2.75, 3.05) is 11.9 Å². The molecule has 1 aliphatic rings. The summed E-state index contributed by atoms with van der Waals surface area (Å²) in [5.41, 5.74) is 2.11. The van der Waals surface area contributed by atoms with Crippen LogP contribution in [0.3, 0.4) is 0 Å². The molecule has 0 fully saturated rings. The average molecular weight is 347 g/mol. The van der Waals surface area contributed by atoms with Gasteiger partial charge in [-0.1, -0.05) is 6.92 Å². The molecule has 0 saturated carbocycles. The number of rotatable bonds is 4. The first-order valence-electron chi connectivity index (χ1n) is 7.84. The zero-order valence-corrected chi connectivity index (χ0v) is 14.1. The van der Waals surface area contributed by atoms with E-state index < -0.39 is 11.9 Å². The summed E-state index contributed by atoms with van der Waals surface area (Å²) < 4.78 is 17.9. The zero-order chi connectivity index (χ0) is 17.1. The Labute approximate surface area is 143 Å². The van der Waals surface area contributed by atoms with E-state index in [0.717, 1.165) is 24.8 Å². The molecule has 0 spiro atoms. The summed E-state index contributed by atoms with van der Waals surface area (Å²) in [6.45, 7) is 1.84. The van der Waals surface area contributed by atoms with Crippen molar-refractivity contribution in [3.05, 3.63) is 51.5 Å². The van der Waals surface area contributed by atoms with Crippen LogP contribution >= 0.6 is 11.3 Å². The van der Waals surface area contributed by atoms with Crippen molar-refractivity contribution in [1.82, 2.24) is 0 Å². The molecule has 1 aliphatic carbocycles. The molecule has 6 heteroatoms. The van der Waals surface area contributed by atoms with Crippen molar-refractivity contribution < 1.29 is 18.7 Å². The van der Waals surface area contributed by atoms with Crippen LogP contribution in [-0.2, 0) is 22.4 Å². The molecule has 0 radical (unpaired) electrons. The Morgan fingerprint density at radius 3 is 2.83 bits per heavy atom. The van der Waals surface area contributed by atoms with Gasteiger partial charge in [-0.05, 0) is 55.0 Å². The second-order valence-electron chi connectivity index (χ2n) is 6.03. The van der Waals surface area contributed by atoms with E-state index in [1.165, 1.54) is 29.1 Å². The van der Waals surface area contributed by atoms with Crippen LogP contribution < -0.4 is 5.32 Å². The van der Waals surface area contributed by atoms with Crippen molar-refractivity contribution in [2.45, 2.75) is 26.2 Å². The highest BCUT2D eigenvalue weighted by Crippen LogP contribution is 2.33. The number of fused-ring (bicyclic) bond motifs is 1. The van der Waals surface area contributed by atoms with E-state index in [9.17, 15) is 14.0 Å². The molecule has 1 unspecified atom stereocenters. The SMILES string of the molecule is CC1CCc2c(C(=O)OCC(=O)Nc3ccc(F)cc3)csc2C1. The Morgan fingerprint density at radius 2 is 2.08 bits per heavy atom. The number of halogens is 1. The Bertz CT molecular complexity index is 754. The zero-order valence-electron chi connectivity index (χ0n) is 13.3. The van der Waals surface area contributed by atoms with Crippen molar-refractivity contribution in [2.24, 2.45) is 5.92 Å². The van der Waals surface area contributed by atoms with Gasteiger partial charge in [0.05, 0.1) is 5.56 Å². The van der Waals surface area contributed by atoms with Gasteiger partial charge in [-0.15, -0.1) is 11.3 Å². The summed E-state index contributed by atoms with van der Waals surface area (Å²) in [4.78, 5) is 25.3. The highest BCUT2D eigenvalue weighted by molar-refractivity contribution is 7.10. The van der Waals surface area contributed by atoms with Gasteiger partial charge in [0.2, 0.25) is 0 Å². The molecule has 126 valence electrons. The van der Waals surface area contributed by atoms with Gasteiger partial charge in [0.1, 0.15) is 5.82 Å². The van der Waals surface area contributed by atoms with Gasteiger partial charge < -0.3 is 10.1 Å². The third kappa shape index (κ3) is 3.82. The van der Waals surface area contributed by atoms with Gasteiger partial charge >= 0.3 is 5.97 Å². The van der Waals surface area contributed by atoms with Crippen LogP contribution in [0, 0.1) is 11.7 Å². The van der Waals surface area contributed by atoms with Crippen molar-refractivity contribution in [1.29, 1.82) is 0 Å². The number of amides is 1. The van der Waals surface area contributed by atoms with Crippen molar-refractivity contribution >= 4 is 28.9 Å². The minimum absolute atomic E-state index is 0.364. The fraction of sp³-hybridized carbons (Fsp3) is 0.333. The fourth-order valence-electron chi connectivity index (χ4n) is 2.79. The summed E-state index contributed by atoms with van der Waals surface area (Å²) in [7, 11) is 0. The van der Waals surface area contributed by atoms with E-state index in [0.29, 0.717) is 17.2 Å². The maximum Gasteiger partial charge on any atom is 0.339 e. The summed E-state index contributed by atoms with van der Waals surface area (Å²) in [5.74, 6) is -0.651. The van der Waals surface area contributed by atoms with Crippen molar-refractivity contribution in [3.8, 4) is 0 Å². The van der Waals surface area contributed by atoms with Gasteiger partial charge in [0, 0.05) is 15.9 Å². The molecular weight excluding hydrogens is 329 g/mol. The number of hydrogen-bond acceptors (Lipinski definition) is 4. The fourth-order valence-corrected chi connectivity index (χ4v) is 4.02. The molecule has 0 saturated heterocycles. The van der Waals surface area contributed by atoms with Gasteiger partial charge in [-0.25, -0.2) is 9.18 Å². The Hall–Kier alpha value is -2.21. The summed E-state index contributed by atoms with van der Waals surface area (Å²) in [5, 5.41) is 4.38. The van der Waals surface area contributed by atoms with Crippen LogP contribution in [0.1, 0.15) is 34.1 Å². The second-order valence-corrected chi connectivity index (χ2v) is 6.99. The van der Waals surface area contributed by atoms with Gasteiger partial charge in [0.25, 0.3) is 5.91 Å². The normalized spacial score (nSPS) is 16.3. The number of carbonyl (C=O) groups excluding carboxylic acids is 2. The van der Waals surface area contributed by atoms with Gasteiger partial charge in [-0.3, -0.25) is 4.79 Å². The molecule has 1 aromatic carbocycles. The number of nitrogens with one attached hydrogen (secondary N) is 1. The molecule has 24 heavy (non-hydrogen) atoms. The molecular formula is C18H18FNO3S. The highest BCUT2D eigenvalue weighted by atomic mass is 32.1. The molecule has 0 bridgehead atoms. The van der Waals surface area contributed by atoms with E-state index in [2.05, 4.69) is 12.2 Å². The lowest BCUT2D eigenvalue weighted by Gasteiger charge is -2.18. The number of benzene rings is 1. The van der Waals surface area contributed by atoms with Crippen LogP contribution in [0.4, 0.5) is 10.1 Å². The Kier molecular flexibility index (Phi) is 4.94. The molecule has 2 aromatic rings. The van der Waals surface area contributed by atoms with Crippen LogP contribution in [-0.4, -0.2) is 18.5 Å². The lowest BCUT2D eigenvalue weighted by Crippen LogP contribution is -2.21. The van der Waals surface area contributed by atoms with Crippen LogP contribution in [0.15, 0.2) is 29.6 Å². The maximum absolute atomic E-state index is 12.8. The van der Waals surface area contributed by atoms with E-state index in [1.807, 2.05) is 5.38 Å². The number of hydrogen-bond donors (Lipinski definition) is 1. The average Bonchev–Trinajstić information content (AvgIpc) is 2.98. The lowest BCUT2D eigenvalue weighted by atomic mass is 9.88. The molecule has 1 amide bonds. The summed E-state index contributed by atoms with van der Waals surface area (Å²) >= 11 is 1.59. The number of thiophene rings is 1. The standard InChI is InChI=1S/C18H18FNO3S/c1-11-2-7-14-15(10-24-16(14)8-11)18(22)23-9-17(21)20-13-5-3-12(19)4-6-13/h3-6,10-11H,2,7-9H2,1H3,(H,20,21). The first kappa shape index (κ1) is 16.6. The third-order valence-corrected chi connectivity index (χ3v) is 5.14. The summed E-state index contributed by atoms with van der Waals surface area (Å²) in [6.07, 6.45) is 2.94. The van der Waals surface area contributed by atoms with Crippen LogP contribution in [0.25, 0.3) is 0 Å². The molecule has 1 heterocycles. The van der Waals surface area contributed by atoms with Gasteiger partial charge in [-0.2, -0.15) is 0 Å². The van der Waals surface area contributed by atoms with Crippen LogP contribution in [0.2, 0.25) is 0 Å². The Balaban J connectivity index is 1.56. The highest BCUT2D eigenvalue weighted by Gasteiger charge is 2.24. The predicted octanol–water partition coefficient (Wildman–Crippen LogP) is 3.81. The molecule has 3 rings (SSSR count). The number of carbonyl (C=O) groups is 2. The number of anilines is 1. The molecule has 0 aliphatic heterocycles. The first-order valence-corrected chi connectivity index (χ1v) is 8.72. The quantitative estimate of drug-likeness (QED) is 0.856. The minimum atomic E-state index is -0.462. The molecule has 1 atom stereocenters. The monoisotopic (exact) mass is 347 g/mol. The Morgan fingerprint density at radius 1 is 1.33 bits per heavy atom. The van der Waals surface area contributed by atoms with Crippen LogP contribution in [0.5, 0.6) is 0 Å². The smallest absolute Gasteiger partial charge is 0.339 e. The van der Waals surface area contributed by atoms with Crippen molar-refractivity contribution in [3.63, 3.8) is 0 Å². The van der Waals surface area contributed by atoms with E-state index in [1.54, 1.807) is 11.3 Å². The topological polar surface area (TPSA) is 55.4 Å². The summed E-state index contributed by atoms with van der Waals surface area (Å²) in [6, 6.07) is 5.40. The predicted molar refractivity (Wildman–Crippen MR) is 90.8 cm³/mol. The van der Waals surface area contributed by atoms with E-state index >= 15 is 0 Å². The number of ether oxygens (including phenoxy) is 1. The van der Waals surface area contributed by atoms with E-state index in [-0.39, 0.29) is 12.4 Å². The third-order valence-electron chi connectivity index (χ3n) is 4.08. The largest absolute Gasteiger partial charge is 0.452 e. The number of esters is 1. The minimum Gasteiger partial charge on any atom is -0.452 e. The van der Waals surface area contributed by atoms with Gasteiger partial charge in [0.15, 0.2) is 6.61 Å². The molecule has 1 aromatic heterocycles. The van der Waals surface area contributed by atoms with E-state index in [4.69, 9.17) is 4.74 Å². The molecule has 1 N–H and O–H groups in total. The maximum atomic E-state index is 12.8. The first-order chi connectivity index (χ1) is 11.5. The molecule has 4 nitrogen and oxygen atoms in total.